The Morgan fingerprint density at radius 2 is 2.09 bits per heavy atom. The van der Waals surface area contributed by atoms with Gasteiger partial charge in [-0.3, -0.25) is 23.9 Å². The minimum absolute atomic E-state index is 0.0377. The number of pyridine rings is 1. The Bertz CT molecular complexity index is 1150. The number of thioether (sulfide) groups is 1. The molecule has 0 radical (unpaired) electrons. The van der Waals surface area contributed by atoms with Crippen molar-refractivity contribution in [1.29, 1.82) is 5.26 Å². The number of hydrogen-bond donors (Lipinski definition) is 0. The van der Waals surface area contributed by atoms with Gasteiger partial charge in [0.05, 0.1) is 30.6 Å². The molecule has 1 amide bonds. The van der Waals surface area contributed by atoms with E-state index in [9.17, 15) is 19.6 Å². The van der Waals surface area contributed by atoms with Gasteiger partial charge in [-0.15, -0.1) is 0 Å². The highest BCUT2D eigenvalue weighted by molar-refractivity contribution is 8.26. The quantitative estimate of drug-likeness (QED) is 0.292. The van der Waals surface area contributed by atoms with Crippen LogP contribution >= 0.6 is 24.0 Å². The molecule has 1 unspecified atom stereocenters. The van der Waals surface area contributed by atoms with Crippen LogP contribution in [0.25, 0.3) is 6.08 Å². The molecule has 2 fully saturated rings. The van der Waals surface area contributed by atoms with Crippen molar-refractivity contribution in [2.75, 3.05) is 44.9 Å². The molecule has 11 heteroatoms. The molecule has 35 heavy (non-hydrogen) atoms. The van der Waals surface area contributed by atoms with Gasteiger partial charge in [0.2, 0.25) is 0 Å². The number of thiocarbonyl (C=S) groups is 1. The van der Waals surface area contributed by atoms with Crippen LogP contribution < -0.4 is 10.5 Å². The van der Waals surface area contributed by atoms with Gasteiger partial charge in [0.15, 0.2) is 0 Å². The number of anilines is 1. The van der Waals surface area contributed by atoms with Gasteiger partial charge < -0.3 is 14.4 Å². The summed E-state index contributed by atoms with van der Waals surface area (Å²) in [6, 6.07) is 2.03. The number of rotatable bonds is 8. The summed E-state index contributed by atoms with van der Waals surface area (Å²) in [5.74, 6) is -0.211. The number of piperidine rings is 1. The first-order valence-corrected chi connectivity index (χ1v) is 12.8. The van der Waals surface area contributed by atoms with Gasteiger partial charge in [0.1, 0.15) is 21.8 Å². The molecule has 1 aromatic rings. The Morgan fingerprint density at radius 1 is 1.34 bits per heavy atom. The molecule has 0 bridgehead atoms. The van der Waals surface area contributed by atoms with E-state index < -0.39 is 0 Å². The first kappa shape index (κ1) is 26.9. The predicted molar refractivity (Wildman–Crippen MR) is 139 cm³/mol. The number of nitrogens with zero attached hydrogens (tertiary/aromatic N) is 4. The van der Waals surface area contributed by atoms with E-state index in [1.165, 1.54) is 16.7 Å². The van der Waals surface area contributed by atoms with Crippen molar-refractivity contribution in [2.45, 2.75) is 40.2 Å². The molecular weight excluding hydrogens is 488 g/mol. The Morgan fingerprint density at radius 3 is 2.71 bits per heavy atom. The summed E-state index contributed by atoms with van der Waals surface area (Å²) in [5.41, 5.74) is 0.763. The van der Waals surface area contributed by atoms with Crippen molar-refractivity contribution in [3.05, 3.63) is 31.9 Å². The number of carbonyl (C=O) groups is 2. The zero-order valence-corrected chi connectivity index (χ0v) is 22.1. The van der Waals surface area contributed by atoms with Crippen LogP contribution in [0.2, 0.25) is 0 Å². The average molecular weight is 519 g/mol. The number of ether oxygens (including phenoxy) is 2. The fourth-order valence-electron chi connectivity index (χ4n) is 4.41. The molecule has 0 spiro atoms. The second kappa shape index (κ2) is 11.8. The van der Waals surface area contributed by atoms with E-state index in [2.05, 4.69) is 0 Å². The van der Waals surface area contributed by atoms with Crippen LogP contribution in [0, 0.1) is 24.2 Å². The maximum absolute atomic E-state index is 13.2. The maximum Gasteiger partial charge on any atom is 0.310 e. The van der Waals surface area contributed by atoms with E-state index in [1.54, 1.807) is 31.6 Å². The molecule has 1 aromatic heterocycles. The molecule has 0 N–H and O–H groups in total. The molecule has 188 valence electrons. The number of amides is 1. The SMILES string of the molecule is CCOC(=O)C1CCCN(c2c(C=C3SC(=S)N(CCOC)C3=O)c(C)c(C#N)c(=O)n2CC)C1. The molecule has 0 aliphatic carbocycles. The number of hydrogen-bond acceptors (Lipinski definition) is 9. The van der Waals surface area contributed by atoms with Crippen LogP contribution in [0.15, 0.2) is 9.70 Å². The highest BCUT2D eigenvalue weighted by Gasteiger charge is 2.34. The molecule has 2 aliphatic rings. The Hall–Kier alpha value is -2.68. The number of aromatic nitrogens is 1. The predicted octanol–water partition coefficient (Wildman–Crippen LogP) is 2.68. The molecule has 0 aromatic carbocycles. The van der Waals surface area contributed by atoms with Gasteiger partial charge in [0, 0.05) is 32.3 Å². The van der Waals surface area contributed by atoms with E-state index in [0.29, 0.717) is 72.0 Å². The van der Waals surface area contributed by atoms with Gasteiger partial charge in [-0.25, -0.2) is 0 Å². The normalized spacial score (nSPS) is 19.4. The number of esters is 1. The topological polar surface area (TPSA) is 105 Å². The zero-order valence-electron chi connectivity index (χ0n) is 20.5. The number of nitriles is 1. The number of methoxy groups -OCH3 is 1. The number of carbonyl (C=O) groups excluding carboxylic acids is 2. The van der Waals surface area contributed by atoms with Crippen molar-refractivity contribution < 1.29 is 19.1 Å². The lowest BCUT2D eigenvalue weighted by molar-refractivity contribution is -0.148. The lowest BCUT2D eigenvalue weighted by Gasteiger charge is -2.36. The van der Waals surface area contributed by atoms with Gasteiger partial charge in [-0.05, 0) is 45.3 Å². The average Bonchev–Trinajstić information content (AvgIpc) is 3.11. The fourth-order valence-corrected chi connectivity index (χ4v) is 5.70. The highest BCUT2D eigenvalue weighted by Crippen LogP contribution is 2.36. The largest absolute Gasteiger partial charge is 0.466 e. The summed E-state index contributed by atoms with van der Waals surface area (Å²) < 4.78 is 12.3. The standard InChI is InChI=1S/C24H30N4O5S2/c1-5-27-20(26-9-7-8-16(14-26)23(31)33-6-2)17(15(3)18(13-25)21(27)29)12-19-22(30)28(10-11-32-4)24(34)35-19/h12,16H,5-11,14H2,1-4H3. The van der Waals surface area contributed by atoms with Crippen LogP contribution in [-0.2, 0) is 25.6 Å². The molecule has 2 aliphatic heterocycles. The van der Waals surface area contributed by atoms with E-state index in [0.717, 1.165) is 6.42 Å². The third-order valence-corrected chi connectivity index (χ3v) is 7.55. The van der Waals surface area contributed by atoms with Gasteiger partial charge >= 0.3 is 5.97 Å². The van der Waals surface area contributed by atoms with Crippen LogP contribution in [0.1, 0.15) is 43.4 Å². The van der Waals surface area contributed by atoms with E-state index in [4.69, 9.17) is 21.7 Å². The van der Waals surface area contributed by atoms with Crippen molar-refractivity contribution in [1.82, 2.24) is 9.47 Å². The first-order valence-electron chi connectivity index (χ1n) is 11.6. The van der Waals surface area contributed by atoms with E-state index in [1.807, 2.05) is 17.9 Å². The van der Waals surface area contributed by atoms with Crippen LogP contribution in [-0.4, -0.2) is 65.6 Å². The van der Waals surface area contributed by atoms with Crippen LogP contribution in [0.3, 0.4) is 0 Å². The summed E-state index contributed by atoms with van der Waals surface area (Å²) in [6.45, 7) is 7.69. The maximum atomic E-state index is 13.2. The van der Waals surface area contributed by atoms with Crippen LogP contribution in [0.5, 0.6) is 0 Å². The van der Waals surface area contributed by atoms with Gasteiger partial charge in [-0.1, -0.05) is 24.0 Å². The third-order valence-electron chi connectivity index (χ3n) is 6.17. The molecule has 1 atom stereocenters. The Labute approximate surface area is 214 Å². The second-order valence-electron chi connectivity index (χ2n) is 8.26. The minimum Gasteiger partial charge on any atom is -0.466 e. The second-order valence-corrected chi connectivity index (χ2v) is 9.94. The van der Waals surface area contributed by atoms with Crippen molar-refractivity contribution in [3.63, 3.8) is 0 Å². The van der Waals surface area contributed by atoms with Crippen LogP contribution in [0.4, 0.5) is 5.82 Å². The summed E-state index contributed by atoms with van der Waals surface area (Å²) in [5, 5.41) is 9.74. The Kier molecular flexibility index (Phi) is 9.10. The molecular formula is C24H30N4O5S2. The third kappa shape index (κ3) is 5.44. The van der Waals surface area contributed by atoms with E-state index in [-0.39, 0.29) is 28.9 Å². The molecule has 3 rings (SSSR count). The molecule has 3 heterocycles. The first-order chi connectivity index (χ1) is 16.8. The molecule has 0 saturated carbocycles. The van der Waals surface area contributed by atoms with Crippen molar-refractivity contribution in [2.24, 2.45) is 5.92 Å². The van der Waals surface area contributed by atoms with Crippen molar-refractivity contribution in [3.8, 4) is 6.07 Å². The Balaban J connectivity index is 2.14. The minimum atomic E-state index is -0.384. The summed E-state index contributed by atoms with van der Waals surface area (Å²) in [4.78, 5) is 42.7. The summed E-state index contributed by atoms with van der Waals surface area (Å²) >= 11 is 6.59. The molecule has 9 nitrogen and oxygen atoms in total. The van der Waals surface area contributed by atoms with Crippen molar-refractivity contribution >= 4 is 52.1 Å². The molecule has 2 saturated heterocycles. The van der Waals surface area contributed by atoms with Gasteiger partial charge in [-0.2, -0.15) is 5.26 Å². The highest BCUT2D eigenvalue weighted by atomic mass is 32.2. The lowest BCUT2D eigenvalue weighted by atomic mass is 9.96. The summed E-state index contributed by atoms with van der Waals surface area (Å²) in [6.07, 6.45) is 3.17. The smallest absolute Gasteiger partial charge is 0.310 e. The lowest BCUT2D eigenvalue weighted by Crippen LogP contribution is -2.43. The van der Waals surface area contributed by atoms with Gasteiger partial charge in [0.25, 0.3) is 11.5 Å². The monoisotopic (exact) mass is 518 g/mol. The zero-order chi connectivity index (χ0) is 25.7. The van der Waals surface area contributed by atoms with E-state index >= 15 is 0 Å². The summed E-state index contributed by atoms with van der Waals surface area (Å²) in [7, 11) is 1.56. The fraction of sp³-hybridized carbons (Fsp3) is 0.542.